The molecule has 8 heteroatoms. The number of unbranched alkanes of at least 4 members (excludes halogenated alkanes) is 17. The van der Waals surface area contributed by atoms with Crippen LogP contribution in [0.4, 0.5) is 0 Å². The van der Waals surface area contributed by atoms with E-state index in [0.29, 0.717) is 25.7 Å². The van der Waals surface area contributed by atoms with Crippen LogP contribution in [-0.2, 0) is 28.6 Å². The molecule has 0 saturated heterocycles. The van der Waals surface area contributed by atoms with Crippen LogP contribution in [0, 0.1) is 0 Å². The minimum absolute atomic E-state index is 0.119. The highest BCUT2D eigenvalue weighted by atomic mass is 16.6. The standard InChI is InChI=1S/C35H64O8/c1-3-5-7-9-11-12-14-18-22-26-34(39)42-30-32(29-41-33(38)25-21-17-13-10-8-6-4-2)43-35(40)27-23-19-15-16-20-24-31(37)28-36/h4,31-32,36-37H,2-3,5-30H2,1H3. The van der Waals surface area contributed by atoms with E-state index in [9.17, 15) is 19.5 Å². The highest BCUT2D eigenvalue weighted by molar-refractivity contribution is 5.71. The molecular formula is C35H64O8. The van der Waals surface area contributed by atoms with Gasteiger partial charge in [-0.15, -0.1) is 6.58 Å². The third-order valence-electron chi connectivity index (χ3n) is 7.56. The first kappa shape index (κ1) is 41.1. The van der Waals surface area contributed by atoms with Crippen LogP contribution < -0.4 is 0 Å². The minimum Gasteiger partial charge on any atom is -0.462 e. The van der Waals surface area contributed by atoms with Gasteiger partial charge in [0.15, 0.2) is 6.10 Å². The van der Waals surface area contributed by atoms with Gasteiger partial charge < -0.3 is 24.4 Å². The van der Waals surface area contributed by atoms with Gasteiger partial charge in [-0.25, -0.2) is 0 Å². The lowest BCUT2D eigenvalue weighted by Gasteiger charge is -2.18. The number of carbonyl (C=O) groups excluding carboxylic acids is 3. The van der Waals surface area contributed by atoms with Crippen molar-refractivity contribution in [3.63, 3.8) is 0 Å². The van der Waals surface area contributed by atoms with Crippen molar-refractivity contribution >= 4 is 17.9 Å². The summed E-state index contributed by atoms with van der Waals surface area (Å²) in [5.41, 5.74) is 0. The molecule has 0 saturated carbocycles. The molecule has 0 aliphatic carbocycles. The molecule has 8 nitrogen and oxygen atoms in total. The fraction of sp³-hybridized carbons (Fsp3) is 0.857. The summed E-state index contributed by atoms with van der Waals surface area (Å²) in [6.07, 6.45) is 22.6. The minimum atomic E-state index is -0.817. The predicted octanol–water partition coefficient (Wildman–Crippen LogP) is 7.91. The van der Waals surface area contributed by atoms with Crippen molar-refractivity contribution in [3.05, 3.63) is 12.7 Å². The molecule has 0 aromatic carbocycles. The van der Waals surface area contributed by atoms with E-state index in [1.807, 2.05) is 6.08 Å². The predicted molar refractivity (Wildman–Crippen MR) is 172 cm³/mol. The molecule has 0 bridgehead atoms. The Labute approximate surface area is 262 Å². The van der Waals surface area contributed by atoms with Gasteiger partial charge in [0.05, 0.1) is 12.7 Å². The van der Waals surface area contributed by atoms with E-state index >= 15 is 0 Å². The normalized spacial score (nSPS) is 12.4. The van der Waals surface area contributed by atoms with Crippen molar-refractivity contribution in [3.8, 4) is 0 Å². The highest BCUT2D eigenvalue weighted by Gasteiger charge is 2.19. The Morgan fingerprint density at radius 3 is 1.51 bits per heavy atom. The monoisotopic (exact) mass is 612 g/mol. The molecule has 252 valence electrons. The number of hydrogen-bond donors (Lipinski definition) is 2. The van der Waals surface area contributed by atoms with Crippen molar-refractivity contribution in [1.82, 2.24) is 0 Å². The molecule has 0 aromatic heterocycles. The van der Waals surface area contributed by atoms with Gasteiger partial charge in [-0.1, -0.05) is 109 Å². The Morgan fingerprint density at radius 2 is 1.05 bits per heavy atom. The second-order valence-corrected chi connectivity index (χ2v) is 11.8. The average molecular weight is 613 g/mol. The molecule has 0 aliphatic heterocycles. The molecular weight excluding hydrogens is 548 g/mol. The van der Waals surface area contributed by atoms with Crippen LogP contribution in [-0.4, -0.2) is 60.1 Å². The fourth-order valence-corrected chi connectivity index (χ4v) is 4.82. The Bertz CT molecular complexity index is 681. The highest BCUT2D eigenvalue weighted by Crippen LogP contribution is 2.13. The number of allylic oxidation sites excluding steroid dienone is 1. The Hall–Kier alpha value is -1.93. The maximum Gasteiger partial charge on any atom is 0.306 e. The zero-order valence-corrected chi connectivity index (χ0v) is 27.4. The van der Waals surface area contributed by atoms with E-state index in [4.69, 9.17) is 19.3 Å². The molecule has 0 spiro atoms. The molecule has 0 amide bonds. The lowest BCUT2D eigenvalue weighted by molar-refractivity contribution is -0.167. The number of hydrogen-bond acceptors (Lipinski definition) is 8. The summed E-state index contributed by atoms with van der Waals surface area (Å²) in [6, 6.07) is 0. The number of carbonyl (C=O) groups is 3. The third kappa shape index (κ3) is 29.9. The van der Waals surface area contributed by atoms with E-state index in [1.54, 1.807) is 0 Å². The second kappa shape index (κ2) is 31.5. The summed E-state index contributed by atoms with van der Waals surface area (Å²) in [6.45, 7) is 5.49. The van der Waals surface area contributed by atoms with Gasteiger partial charge in [-0.05, 0) is 38.5 Å². The summed E-state index contributed by atoms with van der Waals surface area (Å²) in [5.74, 6) is -1.05. The summed E-state index contributed by atoms with van der Waals surface area (Å²) >= 11 is 0. The van der Waals surface area contributed by atoms with Gasteiger partial charge in [0, 0.05) is 19.3 Å². The second-order valence-electron chi connectivity index (χ2n) is 11.8. The van der Waals surface area contributed by atoms with Gasteiger partial charge in [-0.2, -0.15) is 0 Å². The van der Waals surface area contributed by atoms with E-state index in [-0.39, 0.29) is 38.2 Å². The number of ether oxygens (including phenoxy) is 3. The van der Waals surface area contributed by atoms with E-state index < -0.39 is 18.2 Å². The first-order valence-corrected chi connectivity index (χ1v) is 17.3. The SMILES string of the molecule is C=CCCCCCCCC(=O)OCC(COC(=O)CCCCCCCCCCC)OC(=O)CCCCCCCC(O)CO. The lowest BCUT2D eigenvalue weighted by Crippen LogP contribution is -2.30. The van der Waals surface area contributed by atoms with Gasteiger partial charge >= 0.3 is 17.9 Å². The van der Waals surface area contributed by atoms with Gasteiger partial charge in [0.1, 0.15) is 13.2 Å². The van der Waals surface area contributed by atoms with Gasteiger partial charge in [-0.3, -0.25) is 14.4 Å². The smallest absolute Gasteiger partial charge is 0.306 e. The number of aliphatic hydroxyl groups is 2. The zero-order chi connectivity index (χ0) is 31.8. The van der Waals surface area contributed by atoms with Crippen molar-refractivity contribution in [2.24, 2.45) is 0 Å². The molecule has 2 unspecified atom stereocenters. The quantitative estimate of drug-likeness (QED) is 0.0340. The Kier molecular flexibility index (Phi) is 30.1. The molecule has 0 aromatic rings. The summed E-state index contributed by atoms with van der Waals surface area (Å²) in [5, 5.41) is 18.3. The summed E-state index contributed by atoms with van der Waals surface area (Å²) < 4.78 is 16.3. The van der Waals surface area contributed by atoms with Gasteiger partial charge in [0.25, 0.3) is 0 Å². The molecule has 2 N–H and O–H groups in total. The van der Waals surface area contributed by atoms with Crippen LogP contribution in [0.3, 0.4) is 0 Å². The Morgan fingerprint density at radius 1 is 0.628 bits per heavy atom. The van der Waals surface area contributed by atoms with Crippen LogP contribution >= 0.6 is 0 Å². The topological polar surface area (TPSA) is 119 Å². The number of aliphatic hydroxyl groups excluding tert-OH is 2. The largest absolute Gasteiger partial charge is 0.462 e. The molecule has 0 rings (SSSR count). The van der Waals surface area contributed by atoms with E-state index in [2.05, 4.69) is 13.5 Å². The first-order chi connectivity index (χ1) is 20.9. The van der Waals surface area contributed by atoms with Crippen molar-refractivity contribution in [2.45, 2.75) is 173 Å². The van der Waals surface area contributed by atoms with E-state index in [0.717, 1.165) is 83.5 Å². The maximum atomic E-state index is 12.5. The molecule has 2 atom stereocenters. The number of esters is 3. The molecule has 43 heavy (non-hydrogen) atoms. The molecule has 0 radical (unpaired) electrons. The molecule has 0 aliphatic rings. The average Bonchev–Trinajstić information content (AvgIpc) is 3.00. The van der Waals surface area contributed by atoms with Crippen molar-refractivity contribution in [1.29, 1.82) is 0 Å². The third-order valence-corrected chi connectivity index (χ3v) is 7.56. The summed E-state index contributed by atoms with van der Waals surface area (Å²) in [7, 11) is 0. The number of rotatable bonds is 32. The molecule has 0 heterocycles. The van der Waals surface area contributed by atoms with Crippen molar-refractivity contribution < 1.29 is 38.8 Å². The fourth-order valence-electron chi connectivity index (χ4n) is 4.82. The summed E-state index contributed by atoms with van der Waals surface area (Å²) in [4.78, 5) is 37.0. The van der Waals surface area contributed by atoms with Crippen LogP contribution in [0.2, 0.25) is 0 Å². The van der Waals surface area contributed by atoms with Crippen LogP contribution in [0.1, 0.15) is 161 Å². The van der Waals surface area contributed by atoms with E-state index in [1.165, 1.54) is 38.5 Å². The van der Waals surface area contributed by atoms with Crippen LogP contribution in [0.5, 0.6) is 0 Å². The van der Waals surface area contributed by atoms with Crippen LogP contribution in [0.25, 0.3) is 0 Å². The van der Waals surface area contributed by atoms with Crippen LogP contribution in [0.15, 0.2) is 12.7 Å². The van der Waals surface area contributed by atoms with Crippen molar-refractivity contribution in [2.75, 3.05) is 19.8 Å². The molecule has 0 fully saturated rings. The maximum absolute atomic E-state index is 12.5. The lowest BCUT2D eigenvalue weighted by atomic mass is 10.1. The first-order valence-electron chi connectivity index (χ1n) is 17.3. The van der Waals surface area contributed by atoms with Gasteiger partial charge in [0.2, 0.25) is 0 Å². The Balaban J connectivity index is 4.38. The zero-order valence-electron chi connectivity index (χ0n) is 27.4.